The maximum Gasteiger partial charge on any atom is 0.0926 e. The topological polar surface area (TPSA) is 27.1 Å². The molecular weight excluding hydrogens is 224 g/mol. The van der Waals surface area contributed by atoms with Gasteiger partial charge in [0, 0.05) is 18.2 Å². The van der Waals surface area contributed by atoms with E-state index < -0.39 is 0 Å². The highest BCUT2D eigenvalue weighted by Crippen LogP contribution is 2.24. The van der Waals surface area contributed by atoms with Crippen LogP contribution in [-0.4, -0.2) is 23.0 Å². The highest BCUT2D eigenvalue weighted by molar-refractivity contribution is 5.78. The van der Waals surface area contributed by atoms with Crippen LogP contribution in [0.4, 0.5) is 0 Å². The molecule has 2 aromatic rings. The molecule has 0 N–H and O–H groups in total. The van der Waals surface area contributed by atoms with Crippen LogP contribution in [-0.2, 0) is 4.74 Å². The summed E-state index contributed by atoms with van der Waals surface area (Å²) in [6.07, 6.45) is 4.46. The first-order valence-electron chi connectivity index (χ1n) is 6.80. The van der Waals surface area contributed by atoms with Crippen LogP contribution < -0.4 is 0 Å². The van der Waals surface area contributed by atoms with Gasteiger partial charge in [0.2, 0.25) is 0 Å². The number of benzene rings is 1. The number of aromatic nitrogens is 2. The van der Waals surface area contributed by atoms with Crippen LogP contribution in [0.5, 0.6) is 0 Å². The van der Waals surface area contributed by atoms with E-state index in [-0.39, 0.29) is 0 Å². The molecule has 0 spiro atoms. The fourth-order valence-electron chi connectivity index (χ4n) is 2.53. The maximum atomic E-state index is 5.53. The predicted molar refractivity (Wildman–Crippen MR) is 72.9 cm³/mol. The maximum absolute atomic E-state index is 5.53. The molecule has 0 bridgehead atoms. The minimum absolute atomic E-state index is 0.411. The van der Waals surface area contributed by atoms with E-state index in [1.54, 1.807) is 0 Å². The molecule has 1 aromatic carbocycles. The molecule has 2 heterocycles. The van der Waals surface area contributed by atoms with E-state index in [4.69, 9.17) is 9.84 Å². The van der Waals surface area contributed by atoms with Crippen molar-refractivity contribution in [2.45, 2.75) is 38.6 Å². The second-order valence-corrected chi connectivity index (χ2v) is 5.45. The van der Waals surface area contributed by atoms with Gasteiger partial charge < -0.3 is 4.74 Å². The van der Waals surface area contributed by atoms with Crippen molar-refractivity contribution < 1.29 is 4.74 Å². The van der Waals surface area contributed by atoms with E-state index in [0.717, 1.165) is 25.2 Å². The van der Waals surface area contributed by atoms with E-state index in [2.05, 4.69) is 42.9 Å². The van der Waals surface area contributed by atoms with Gasteiger partial charge in [0.05, 0.1) is 18.2 Å². The van der Waals surface area contributed by atoms with E-state index in [9.17, 15) is 0 Å². The minimum Gasteiger partial charge on any atom is -0.379 e. The van der Waals surface area contributed by atoms with Crippen LogP contribution in [0.25, 0.3) is 10.9 Å². The van der Waals surface area contributed by atoms with Gasteiger partial charge in [0.1, 0.15) is 0 Å². The van der Waals surface area contributed by atoms with Gasteiger partial charge in [-0.3, -0.25) is 4.68 Å². The van der Waals surface area contributed by atoms with Crippen molar-refractivity contribution in [1.82, 2.24) is 9.78 Å². The molecule has 1 aliphatic heterocycles. The average molecular weight is 244 g/mol. The summed E-state index contributed by atoms with van der Waals surface area (Å²) in [5, 5.41) is 5.94. The lowest BCUT2D eigenvalue weighted by atomic mass is 10.0. The number of nitrogens with zero attached hydrogens (tertiary/aromatic N) is 2. The van der Waals surface area contributed by atoms with E-state index in [0.29, 0.717) is 12.0 Å². The molecule has 1 aromatic heterocycles. The molecule has 1 saturated heterocycles. The third-order valence-electron chi connectivity index (χ3n) is 3.73. The smallest absolute Gasteiger partial charge is 0.0926 e. The van der Waals surface area contributed by atoms with Gasteiger partial charge in [-0.05, 0) is 30.4 Å². The first-order valence-corrected chi connectivity index (χ1v) is 6.80. The lowest BCUT2D eigenvalue weighted by molar-refractivity contribution is 0.0552. The van der Waals surface area contributed by atoms with Crippen molar-refractivity contribution in [3.63, 3.8) is 0 Å². The van der Waals surface area contributed by atoms with Crippen molar-refractivity contribution in [3.05, 3.63) is 30.0 Å². The fraction of sp³-hybridized carbons (Fsp3) is 0.533. The summed E-state index contributed by atoms with van der Waals surface area (Å²) >= 11 is 0. The predicted octanol–water partition coefficient (Wildman–Crippen LogP) is 3.51. The summed E-state index contributed by atoms with van der Waals surface area (Å²) in [5.41, 5.74) is 2.46. The zero-order valence-corrected chi connectivity index (χ0v) is 11.1. The third kappa shape index (κ3) is 2.15. The zero-order chi connectivity index (χ0) is 12.5. The van der Waals surface area contributed by atoms with E-state index in [1.807, 2.05) is 0 Å². The Morgan fingerprint density at radius 2 is 2.28 bits per heavy atom. The van der Waals surface area contributed by atoms with E-state index in [1.165, 1.54) is 17.4 Å². The van der Waals surface area contributed by atoms with Crippen molar-refractivity contribution in [1.29, 1.82) is 0 Å². The van der Waals surface area contributed by atoms with Crippen LogP contribution >= 0.6 is 0 Å². The molecule has 1 unspecified atom stereocenters. The normalized spacial score (nSPS) is 20.7. The SMILES string of the molecule is CC(C)c1ccc2cn(C3CCCOC3)nc2c1. The molecule has 0 radical (unpaired) electrons. The first kappa shape index (κ1) is 11.7. The number of ether oxygens (including phenoxy) is 1. The van der Waals surface area contributed by atoms with E-state index >= 15 is 0 Å². The van der Waals surface area contributed by atoms with Crippen LogP contribution in [0.2, 0.25) is 0 Å². The van der Waals surface area contributed by atoms with Crippen LogP contribution in [0.3, 0.4) is 0 Å². The van der Waals surface area contributed by atoms with Gasteiger partial charge in [0.15, 0.2) is 0 Å². The monoisotopic (exact) mass is 244 g/mol. The highest BCUT2D eigenvalue weighted by atomic mass is 16.5. The molecule has 3 rings (SSSR count). The molecule has 96 valence electrons. The molecule has 18 heavy (non-hydrogen) atoms. The molecule has 1 atom stereocenters. The third-order valence-corrected chi connectivity index (χ3v) is 3.73. The summed E-state index contributed by atoms with van der Waals surface area (Å²) in [5.74, 6) is 0.553. The standard InChI is InChI=1S/C15H20N2O/c1-11(2)12-5-6-13-9-17(16-15(13)8-12)14-4-3-7-18-10-14/h5-6,8-9,11,14H,3-4,7,10H2,1-2H3. The van der Waals surface area contributed by atoms with Crippen LogP contribution in [0, 0.1) is 0 Å². The van der Waals surface area contributed by atoms with Gasteiger partial charge >= 0.3 is 0 Å². The number of rotatable bonds is 2. The molecule has 0 saturated carbocycles. The molecule has 3 nitrogen and oxygen atoms in total. The Balaban J connectivity index is 1.94. The lowest BCUT2D eigenvalue weighted by Crippen LogP contribution is -2.21. The highest BCUT2D eigenvalue weighted by Gasteiger charge is 2.17. The summed E-state index contributed by atoms with van der Waals surface area (Å²) in [6, 6.07) is 7.00. The largest absolute Gasteiger partial charge is 0.379 e. The minimum atomic E-state index is 0.411. The Morgan fingerprint density at radius 3 is 3.00 bits per heavy atom. The Morgan fingerprint density at radius 1 is 1.39 bits per heavy atom. The Bertz CT molecular complexity index is 538. The second-order valence-electron chi connectivity index (χ2n) is 5.45. The molecular formula is C15H20N2O. The van der Waals surface area contributed by atoms with Crippen molar-refractivity contribution in [3.8, 4) is 0 Å². The quantitative estimate of drug-likeness (QED) is 0.808. The Hall–Kier alpha value is -1.35. The molecule has 1 fully saturated rings. The lowest BCUT2D eigenvalue weighted by Gasteiger charge is -2.22. The first-order chi connectivity index (χ1) is 8.74. The zero-order valence-electron chi connectivity index (χ0n) is 11.1. The number of hydrogen-bond acceptors (Lipinski definition) is 2. The Kier molecular flexibility index (Phi) is 3.08. The average Bonchev–Trinajstić information content (AvgIpc) is 2.82. The summed E-state index contributed by atoms with van der Waals surface area (Å²) < 4.78 is 7.62. The molecule has 1 aliphatic rings. The summed E-state index contributed by atoms with van der Waals surface area (Å²) in [6.45, 7) is 6.13. The molecule has 0 amide bonds. The Labute approximate surface area is 108 Å². The van der Waals surface area contributed by atoms with Crippen LogP contribution in [0.1, 0.15) is 44.2 Å². The van der Waals surface area contributed by atoms with Crippen molar-refractivity contribution in [2.75, 3.05) is 13.2 Å². The number of hydrogen-bond donors (Lipinski definition) is 0. The molecule has 0 aliphatic carbocycles. The fourth-order valence-corrected chi connectivity index (χ4v) is 2.53. The summed E-state index contributed by atoms with van der Waals surface area (Å²) in [7, 11) is 0. The van der Waals surface area contributed by atoms with Gasteiger partial charge in [-0.1, -0.05) is 26.0 Å². The van der Waals surface area contributed by atoms with Crippen LogP contribution in [0.15, 0.2) is 24.4 Å². The number of fused-ring (bicyclic) bond motifs is 1. The van der Waals surface area contributed by atoms with Gasteiger partial charge in [-0.25, -0.2) is 0 Å². The second kappa shape index (κ2) is 4.73. The van der Waals surface area contributed by atoms with Crippen molar-refractivity contribution in [2.24, 2.45) is 0 Å². The van der Waals surface area contributed by atoms with Gasteiger partial charge in [-0.15, -0.1) is 0 Å². The van der Waals surface area contributed by atoms with Gasteiger partial charge in [-0.2, -0.15) is 5.10 Å². The molecule has 3 heteroatoms. The van der Waals surface area contributed by atoms with Crippen molar-refractivity contribution >= 4 is 10.9 Å². The van der Waals surface area contributed by atoms with Gasteiger partial charge in [0.25, 0.3) is 0 Å². The summed E-state index contributed by atoms with van der Waals surface area (Å²) in [4.78, 5) is 0.